The first kappa shape index (κ1) is 16.7. The Morgan fingerprint density at radius 2 is 2.17 bits per heavy atom. The second-order valence-electron chi connectivity index (χ2n) is 5.70. The molecule has 0 aliphatic carbocycles. The summed E-state index contributed by atoms with van der Waals surface area (Å²) in [6.07, 6.45) is 1.11. The van der Waals surface area contributed by atoms with E-state index in [1.165, 1.54) is 10.8 Å². The molecule has 2 unspecified atom stereocenters. The molecule has 0 radical (unpaired) electrons. The normalized spacial score (nSPS) is 25.5. The number of hydrogen-bond acceptors (Lipinski definition) is 7. The van der Waals surface area contributed by atoms with Crippen LogP contribution in [0.15, 0.2) is 27.3 Å². The quantitative estimate of drug-likeness (QED) is 0.642. The van der Waals surface area contributed by atoms with E-state index >= 15 is 0 Å². The van der Waals surface area contributed by atoms with Crippen molar-refractivity contribution in [1.29, 1.82) is 0 Å². The Kier molecular flexibility index (Phi) is 4.74. The number of H-pyrrole nitrogens is 1. The van der Waals surface area contributed by atoms with Crippen molar-refractivity contribution in [1.82, 2.24) is 14.9 Å². The van der Waals surface area contributed by atoms with Crippen molar-refractivity contribution < 1.29 is 19.3 Å². The highest BCUT2D eigenvalue weighted by Gasteiger charge is 2.47. The van der Waals surface area contributed by atoms with Gasteiger partial charge in [0.25, 0.3) is 5.56 Å². The third kappa shape index (κ3) is 2.85. The molecule has 1 saturated heterocycles. The van der Waals surface area contributed by atoms with Crippen molar-refractivity contribution in [3.8, 4) is 0 Å². The van der Waals surface area contributed by atoms with Gasteiger partial charge in [-0.15, -0.1) is 0 Å². The SMILES string of the molecule is CCCC1OC2=C(CO)O[C@@H](n3cc(CNC)c(=O)[nH]c3=O)C2O1. The minimum Gasteiger partial charge on any atom is -0.465 e. The van der Waals surface area contributed by atoms with Gasteiger partial charge in [0.1, 0.15) is 6.61 Å². The molecule has 1 fully saturated rings. The van der Waals surface area contributed by atoms with Gasteiger partial charge >= 0.3 is 5.69 Å². The number of nitrogens with one attached hydrogen (secondary N) is 2. The molecule has 1 aromatic rings. The van der Waals surface area contributed by atoms with Crippen molar-refractivity contribution in [3.05, 3.63) is 44.1 Å². The topological polar surface area (TPSA) is 115 Å². The molecule has 0 aromatic carbocycles. The second kappa shape index (κ2) is 6.80. The molecular formula is C15H21N3O6. The highest BCUT2D eigenvalue weighted by molar-refractivity contribution is 5.18. The minimum absolute atomic E-state index is 0.247. The molecule has 0 spiro atoms. The number of fused-ring (bicyclic) bond motifs is 1. The molecule has 24 heavy (non-hydrogen) atoms. The highest BCUT2D eigenvalue weighted by atomic mass is 16.7. The summed E-state index contributed by atoms with van der Waals surface area (Å²) in [5, 5.41) is 12.3. The number of aliphatic hydroxyl groups excluding tert-OH is 1. The smallest absolute Gasteiger partial charge is 0.331 e. The number of ether oxygens (including phenoxy) is 3. The molecule has 0 saturated carbocycles. The molecule has 3 heterocycles. The maximum Gasteiger partial charge on any atom is 0.331 e. The molecule has 1 aromatic heterocycles. The van der Waals surface area contributed by atoms with Gasteiger partial charge < -0.3 is 24.6 Å². The summed E-state index contributed by atoms with van der Waals surface area (Å²) in [5.74, 6) is 0.658. The molecule has 9 heteroatoms. The van der Waals surface area contributed by atoms with Gasteiger partial charge in [0.05, 0.1) is 0 Å². The average molecular weight is 339 g/mol. The van der Waals surface area contributed by atoms with Gasteiger partial charge in [-0.05, 0) is 7.05 Å². The van der Waals surface area contributed by atoms with E-state index in [0.29, 0.717) is 24.3 Å². The van der Waals surface area contributed by atoms with E-state index in [1.54, 1.807) is 7.05 Å². The van der Waals surface area contributed by atoms with Crippen LogP contribution in [0.25, 0.3) is 0 Å². The molecule has 2 aliphatic heterocycles. The first-order valence-electron chi connectivity index (χ1n) is 7.90. The third-order valence-electron chi connectivity index (χ3n) is 3.96. The summed E-state index contributed by atoms with van der Waals surface area (Å²) >= 11 is 0. The molecule has 3 rings (SSSR count). The third-order valence-corrected chi connectivity index (χ3v) is 3.96. The minimum atomic E-state index is -0.830. The Balaban J connectivity index is 1.95. The fourth-order valence-corrected chi connectivity index (χ4v) is 2.86. The predicted octanol–water partition coefficient (Wildman–Crippen LogP) is -0.470. The molecular weight excluding hydrogens is 318 g/mol. The zero-order chi connectivity index (χ0) is 17.3. The van der Waals surface area contributed by atoms with Gasteiger partial charge in [-0.3, -0.25) is 14.3 Å². The lowest BCUT2D eigenvalue weighted by Gasteiger charge is -2.20. The van der Waals surface area contributed by atoms with E-state index in [0.717, 1.165) is 6.42 Å². The summed E-state index contributed by atoms with van der Waals surface area (Å²) in [7, 11) is 1.70. The molecule has 3 atom stereocenters. The van der Waals surface area contributed by atoms with Crippen LogP contribution >= 0.6 is 0 Å². The van der Waals surface area contributed by atoms with Gasteiger partial charge in [-0.25, -0.2) is 4.79 Å². The summed E-state index contributed by atoms with van der Waals surface area (Å²) < 4.78 is 18.4. The maximum atomic E-state index is 12.2. The largest absolute Gasteiger partial charge is 0.465 e. The lowest BCUT2D eigenvalue weighted by Crippen LogP contribution is -2.38. The number of hydrogen-bond donors (Lipinski definition) is 3. The van der Waals surface area contributed by atoms with Crippen molar-refractivity contribution >= 4 is 0 Å². The maximum absolute atomic E-state index is 12.2. The predicted molar refractivity (Wildman–Crippen MR) is 83.0 cm³/mol. The van der Waals surface area contributed by atoms with Crippen LogP contribution in [-0.4, -0.2) is 40.7 Å². The monoisotopic (exact) mass is 339 g/mol. The lowest BCUT2D eigenvalue weighted by molar-refractivity contribution is -0.111. The number of nitrogens with zero attached hydrogens (tertiary/aromatic N) is 1. The van der Waals surface area contributed by atoms with Gasteiger partial charge in [0, 0.05) is 24.7 Å². The van der Waals surface area contributed by atoms with Crippen LogP contribution in [0, 0.1) is 0 Å². The molecule has 0 bridgehead atoms. The lowest BCUT2D eigenvalue weighted by atomic mass is 10.2. The summed E-state index contributed by atoms with van der Waals surface area (Å²) in [6, 6.07) is 0. The van der Waals surface area contributed by atoms with Crippen LogP contribution in [-0.2, 0) is 20.8 Å². The van der Waals surface area contributed by atoms with Crippen LogP contribution in [0.3, 0.4) is 0 Å². The van der Waals surface area contributed by atoms with Crippen LogP contribution in [0.1, 0.15) is 31.6 Å². The number of aromatic nitrogens is 2. The van der Waals surface area contributed by atoms with E-state index in [2.05, 4.69) is 10.3 Å². The van der Waals surface area contributed by atoms with E-state index in [-0.39, 0.29) is 12.4 Å². The zero-order valence-electron chi connectivity index (χ0n) is 13.6. The van der Waals surface area contributed by atoms with Crippen molar-refractivity contribution in [3.63, 3.8) is 0 Å². The van der Waals surface area contributed by atoms with E-state index in [4.69, 9.17) is 14.2 Å². The van der Waals surface area contributed by atoms with Gasteiger partial charge in [-0.1, -0.05) is 13.3 Å². The Morgan fingerprint density at radius 1 is 1.38 bits per heavy atom. The highest BCUT2D eigenvalue weighted by Crippen LogP contribution is 2.41. The number of aliphatic hydroxyl groups is 1. The van der Waals surface area contributed by atoms with Crippen molar-refractivity contribution in [2.24, 2.45) is 0 Å². The second-order valence-corrected chi connectivity index (χ2v) is 5.70. The molecule has 2 aliphatic rings. The van der Waals surface area contributed by atoms with Crippen molar-refractivity contribution in [2.45, 2.75) is 44.9 Å². The van der Waals surface area contributed by atoms with Crippen LogP contribution in [0.5, 0.6) is 0 Å². The average Bonchev–Trinajstić information content (AvgIpc) is 3.09. The van der Waals surface area contributed by atoms with Crippen LogP contribution in [0.4, 0.5) is 0 Å². The molecule has 132 valence electrons. The Bertz CT molecular complexity index is 752. The van der Waals surface area contributed by atoms with Crippen LogP contribution < -0.4 is 16.6 Å². The summed E-state index contributed by atoms with van der Waals surface area (Å²) in [5.41, 5.74) is -0.665. The fourth-order valence-electron chi connectivity index (χ4n) is 2.86. The zero-order valence-corrected chi connectivity index (χ0v) is 13.6. The van der Waals surface area contributed by atoms with E-state index in [9.17, 15) is 14.7 Å². The Morgan fingerprint density at radius 3 is 2.83 bits per heavy atom. The number of rotatable bonds is 6. The molecule has 0 amide bonds. The first-order valence-corrected chi connectivity index (χ1v) is 7.90. The van der Waals surface area contributed by atoms with Gasteiger partial charge in [0.15, 0.2) is 17.6 Å². The van der Waals surface area contributed by atoms with E-state index in [1.807, 2.05) is 6.92 Å². The van der Waals surface area contributed by atoms with Gasteiger partial charge in [-0.2, -0.15) is 0 Å². The summed E-state index contributed by atoms with van der Waals surface area (Å²) in [6.45, 7) is 1.95. The van der Waals surface area contributed by atoms with Gasteiger partial charge in [0.2, 0.25) is 12.5 Å². The Hall–Kier alpha value is -2.10. The number of aromatic amines is 1. The standard InChI is InChI=1S/C15H21N3O6/c1-3-4-10-23-11-9(7-19)22-14(12(11)24-10)18-6-8(5-16-2)13(20)17-15(18)21/h6,10,12,14,16,19H,3-5,7H2,1-2H3,(H,17,20,21)/t10?,12?,14-/m1/s1. The summed E-state index contributed by atoms with van der Waals surface area (Å²) in [4.78, 5) is 26.3. The van der Waals surface area contributed by atoms with E-state index < -0.39 is 29.9 Å². The van der Waals surface area contributed by atoms with Crippen LogP contribution in [0.2, 0.25) is 0 Å². The van der Waals surface area contributed by atoms with Crippen molar-refractivity contribution in [2.75, 3.05) is 13.7 Å². The first-order chi connectivity index (χ1) is 11.6. The fraction of sp³-hybridized carbons (Fsp3) is 0.600. The Labute approximate surface area is 137 Å². The molecule has 3 N–H and O–H groups in total. The molecule has 9 nitrogen and oxygen atoms in total.